The molecule has 0 atom stereocenters. The Hall–Kier alpha value is -2.47. The zero-order valence-electron chi connectivity index (χ0n) is 12.2. The third-order valence-electron chi connectivity index (χ3n) is 4.21. The number of thiophene rings is 1. The third-order valence-corrected chi connectivity index (χ3v) is 5.30. The number of carbonyl (C=O) groups is 3. The number of hydrogen-bond acceptors (Lipinski definition) is 5. The molecule has 2 heterocycles. The molecule has 23 heavy (non-hydrogen) atoms. The van der Waals surface area contributed by atoms with Crippen molar-refractivity contribution >= 4 is 29.1 Å². The molecule has 0 bridgehead atoms. The van der Waals surface area contributed by atoms with Crippen molar-refractivity contribution in [3.8, 4) is 0 Å². The molecule has 1 aliphatic carbocycles. The van der Waals surface area contributed by atoms with Crippen LogP contribution in [0.15, 0.2) is 29.6 Å². The SMILES string of the molecule is O=C(ON1C(=O)c2ccccc2C1=O)c1csc2c1CCCC2. The predicted molar refractivity (Wildman–Crippen MR) is 83.3 cm³/mol. The quantitative estimate of drug-likeness (QED) is 0.796. The predicted octanol–water partition coefficient (Wildman–Crippen LogP) is 2.99. The third kappa shape index (κ3) is 2.17. The number of hydrogen-bond donors (Lipinski definition) is 0. The molecule has 0 radical (unpaired) electrons. The van der Waals surface area contributed by atoms with Gasteiger partial charge >= 0.3 is 5.97 Å². The van der Waals surface area contributed by atoms with E-state index < -0.39 is 17.8 Å². The fraction of sp³-hybridized carbons (Fsp3) is 0.235. The maximum Gasteiger partial charge on any atom is 0.365 e. The number of rotatable bonds is 2. The van der Waals surface area contributed by atoms with Gasteiger partial charge in [-0.3, -0.25) is 9.59 Å². The molecule has 0 N–H and O–H groups in total. The fourth-order valence-corrected chi connectivity index (χ4v) is 4.16. The highest BCUT2D eigenvalue weighted by Gasteiger charge is 2.39. The second kappa shape index (κ2) is 5.31. The highest BCUT2D eigenvalue weighted by Crippen LogP contribution is 2.31. The van der Waals surface area contributed by atoms with Crippen molar-refractivity contribution < 1.29 is 19.2 Å². The molecule has 0 fully saturated rings. The highest BCUT2D eigenvalue weighted by atomic mass is 32.1. The molecule has 2 aliphatic rings. The Bertz CT molecular complexity index is 804. The summed E-state index contributed by atoms with van der Waals surface area (Å²) in [6.45, 7) is 0. The first-order chi connectivity index (χ1) is 11.2. The minimum atomic E-state index is -0.640. The summed E-state index contributed by atoms with van der Waals surface area (Å²) in [5.41, 5.74) is 2.00. The Balaban J connectivity index is 1.60. The van der Waals surface area contributed by atoms with E-state index in [1.54, 1.807) is 29.6 Å². The van der Waals surface area contributed by atoms with E-state index in [2.05, 4.69) is 0 Å². The first-order valence-electron chi connectivity index (χ1n) is 7.46. The van der Waals surface area contributed by atoms with Crippen LogP contribution in [0, 0.1) is 0 Å². The van der Waals surface area contributed by atoms with Gasteiger partial charge in [0.05, 0.1) is 16.7 Å². The molecule has 2 aromatic rings. The Labute approximate surface area is 136 Å². The Morgan fingerprint density at radius 1 is 1.04 bits per heavy atom. The number of aryl methyl sites for hydroxylation is 1. The first kappa shape index (κ1) is 14.1. The van der Waals surface area contributed by atoms with Crippen molar-refractivity contribution in [2.45, 2.75) is 25.7 Å². The van der Waals surface area contributed by atoms with E-state index in [4.69, 9.17) is 4.84 Å². The molecule has 0 saturated carbocycles. The summed E-state index contributed by atoms with van der Waals surface area (Å²) in [5, 5.41) is 2.33. The monoisotopic (exact) mass is 327 g/mol. The average Bonchev–Trinajstić information content (AvgIpc) is 3.11. The Morgan fingerprint density at radius 3 is 2.39 bits per heavy atom. The van der Waals surface area contributed by atoms with Crippen LogP contribution in [0.2, 0.25) is 0 Å². The highest BCUT2D eigenvalue weighted by molar-refractivity contribution is 7.10. The molecule has 1 aliphatic heterocycles. The van der Waals surface area contributed by atoms with Gasteiger partial charge in [-0.15, -0.1) is 11.3 Å². The number of nitrogens with zero attached hydrogens (tertiary/aromatic N) is 1. The minimum absolute atomic E-state index is 0.262. The summed E-state index contributed by atoms with van der Waals surface area (Å²) >= 11 is 1.54. The van der Waals surface area contributed by atoms with Crippen molar-refractivity contribution in [1.29, 1.82) is 0 Å². The normalized spacial score (nSPS) is 16.3. The summed E-state index contributed by atoms with van der Waals surface area (Å²) in [5.74, 6) is -1.83. The summed E-state index contributed by atoms with van der Waals surface area (Å²) in [6.07, 6.45) is 3.98. The van der Waals surface area contributed by atoms with Gasteiger partial charge in [-0.05, 0) is 43.4 Å². The molecule has 0 saturated heterocycles. The Morgan fingerprint density at radius 2 is 1.70 bits per heavy atom. The largest absolute Gasteiger partial charge is 0.365 e. The summed E-state index contributed by atoms with van der Waals surface area (Å²) in [7, 11) is 0. The van der Waals surface area contributed by atoms with Crippen molar-refractivity contribution in [3.05, 3.63) is 56.8 Å². The lowest BCUT2D eigenvalue weighted by Crippen LogP contribution is -2.32. The molecule has 116 valence electrons. The zero-order valence-corrected chi connectivity index (χ0v) is 13.0. The van der Waals surface area contributed by atoms with Crippen LogP contribution in [0.1, 0.15) is 54.4 Å². The van der Waals surface area contributed by atoms with Gasteiger partial charge in [-0.25, -0.2) is 4.79 Å². The minimum Gasteiger partial charge on any atom is -0.324 e. The summed E-state index contributed by atoms with van der Waals surface area (Å²) in [6, 6.07) is 6.45. The van der Waals surface area contributed by atoms with E-state index in [-0.39, 0.29) is 11.1 Å². The summed E-state index contributed by atoms with van der Waals surface area (Å²) < 4.78 is 0. The van der Waals surface area contributed by atoms with Crippen LogP contribution in [-0.4, -0.2) is 22.8 Å². The number of fused-ring (bicyclic) bond motifs is 2. The first-order valence-corrected chi connectivity index (χ1v) is 8.34. The van der Waals surface area contributed by atoms with Gasteiger partial charge in [-0.1, -0.05) is 17.2 Å². The molecule has 4 rings (SSSR count). The number of carbonyl (C=O) groups excluding carboxylic acids is 3. The lowest BCUT2D eigenvalue weighted by atomic mass is 9.96. The molecule has 1 aromatic heterocycles. The van der Waals surface area contributed by atoms with Crippen LogP contribution in [0.4, 0.5) is 0 Å². The molecular formula is C17H13NO4S. The average molecular weight is 327 g/mol. The number of amides is 2. The lowest BCUT2D eigenvalue weighted by molar-refractivity contribution is -0.0585. The van der Waals surface area contributed by atoms with Gasteiger partial charge in [0.15, 0.2) is 0 Å². The molecule has 0 spiro atoms. The molecule has 6 heteroatoms. The summed E-state index contributed by atoms with van der Waals surface area (Å²) in [4.78, 5) is 43.2. The number of imide groups is 1. The second-order valence-corrected chi connectivity index (χ2v) is 6.55. The molecule has 0 unspecified atom stereocenters. The number of benzene rings is 1. The van der Waals surface area contributed by atoms with Crippen LogP contribution in [0.3, 0.4) is 0 Å². The van der Waals surface area contributed by atoms with E-state index in [1.807, 2.05) is 0 Å². The van der Waals surface area contributed by atoms with Crippen LogP contribution in [0.5, 0.6) is 0 Å². The van der Waals surface area contributed by atoms with E-state index in [1.165, 1.54) is 16.2 Å². The van der Waals surface area contributed by atoms with Gasteiger partial charge in [-0.2, -0.15) is 0 Å². The fourth-order valence-electron chi connectivity index (χ4n) is 3.05. The van der Waals surface area contributed by atoms with Crippen LogP contribution < -0.4 is 0 Å². The van der Waals surface area contributed by atoms with Crippen molar-refractivity contribution in [3.63, 3.8) is 0 Å². The lowest BCUT2D eigenvalue weighted by Gasteiger charge is -2.15. The van der Waals surface area contributed by atoms with Crippen molar-refractivity contribution in [1.82, 2.24) is 5.06 Å². The molecule has 1 aromatic carbocycles. The number of hydroxylamine groups is 2. The van der Waals surface area contributed by atoms with E-state index in [9.17, 15) is 14.4 Å². The van der Waals surface area contributed by atoms with Crippen molar-refractivity contribution in [2.24, 2.45) is 0 Å². The zero-order chi connectivity index (χ0) is 16.0. The molecule has 5 nitrogen and oxygen atoms in total. The maximum absolute atomic E-state index is 12.4. The standard InChI is InChI=1S/C17H13NO4S/c19-15-11-6-1-2-7-12(11)16(20)18(15)22-17(21)13-9-23-14-8-4-3-5-10(13)14/h1-2,6-7,9H,3-5,8H2. The van der Waals surface area contributed by atoms with Gasteiger partial charge in [0.25, 0.3) is 11.8 Å². The smallest absolute Gasteiger partial charge is 0.324 e. The van der Waals surface area contributed by atoms with E-state index >= 15 is 0 Å². The van der Waals surface area contributed by atoms with E-state index in [0.29, 0.717) is 10.6 Å². The van der Waals surface area contributed by atoms with Gasteiger partial charge < -0.3 is 4.84 Å². The van der Waals surface area contributed by atoms with Gasteiger partial charge in [0.2, 0.25) is 0 Å². The van der Waals surface area contributed by atoms with Crippen molar-refractivity contribution in [2.75, 3.05) is 0 Å². The van der Waals surface area contributed by atoms with Crippen LogP contribution in [0.25, 0.3) is 0 Å². The Kier molecular flexibility index (Phi) is 3.27. The maximum atomic E-state index is 12.4. The van der Waals surface area contributed by atoms with E-state index in [0.717, 1.165) is 31.2 Å². The van der Waals surface area contributed by atoms with Gasteiger partial charge in [0.1, 0.15) is 0 Å². The topological polar surface area (TPSA) is 63.7 Å². The van der Waals surface area contributed by atoms with Crippen LogP contribution in [-0.2, 0) is 17.7 Å². The van der Waals surface area contributed by atoms with Crippen LogP contribution >= 0.6 is 11.3 Å². The molecule has 2 amide bonds. The second-order valence-electron chi connectivity index (χ2n) is 5.59. The van der Waals surface area contributed by atoms with Gasteiger partial charge in [0, 0.05) is 10.3 Å². The molecular weight excluding hydrogens is 314 g/mol.